The van der Waals surface area contributed by atoms with Gasteiger partial charge in [-0.3, -0.25) is 10.0 Å². The summed E-state index contributed by atoms with van der Waals surface area (Å²) in [6.45, 7) is 0.0146. The fourth-order valence-corrected chi connectivity index (χ4v) is 0.665. The molecule has 1 aromatic rings. The van der Waals surface area contributed by atoms with E-state index in [0.29, 0.717) is 5.82 Å². The highest BCUT2D eigenvalue weighted by molar-refractivity contribution is 5.74. The third-order valence-electron chi connectivity index (χ3n) is 1.10. The maximum atomic E-state index is 10.5. The van der Waals surface area contributed by atoms with E-state index in [1.165, 1.54) is 22.6 Å². The molecule has 0 saturated carbocycles. The predicted octanol–water partition coefficient (Wildman–Crippen LogP) is -1.03. The number of nitrogens with zero attached hydrogens (tertiary/aromatic N) is 2. The molecule has 0 saturated heterocycles. The fraction of sp³-hybridized carbons (Fsp3) is 0.200. The molecule has 0 radical (unpaired) electrons. The Hall–Kier alpha value is -1.56. The lowest BCUT2D eigenvalue weighted by molar-refractivity contribution is -0.129. The van der Waals surface area contributed by atoms with Gasteiger partial charge in [-0.25, -0.2) is 10.5 Å². The molecule has 0 aliphatic carbocycles. The van der Waals surface area contributed by atoms with E-state index in [9.17, 15) is 4.79 Å². The van der Waals surface area contributed by atoms with E-state index in [1.807, 2.05) is 0 Å². The van der Waals surface area contributed by atoms with E-state index in [-0.39, 0.29) is 6.54 Å². The van der Waals surface area contributed by atoms with Crippen molar-refractivity contribution in [1.29, 1.82) is 0 Å². The summed E-state index contributed by atoms with van der Waals surface area (Å²) in [7, 11) is 0. The van der Waals surface area contributed by atoms with Crippen molar-refractivity contribution in [3.05, 3.63) is 12.5 Å². The van der Waals surface area contributed by atoms with Crippen molar-refractivity contribution >= 4 is 11.7 Å². The van der Waals surface area contributed by atoms with E-state index in [4.69, 9.17) is 10.9 Å². The second-order valence-corrected chi connectivity index (χ2v) is 2.01. The molecule has 0 aromatic carbocycles. The average Bonchev–Trinajstić information content (AvgIpc) is 2.35. The number of carbonyl (C=O) groups excluding carboxylic acids is 1. The molecule has 0 fully saturated rings. The summed E-state index contributed by atoms with van der Waals surface area (Å²) >= 11 is 0. The van der Waals surface area contributed by atoms with Gasteiger partial charge in [0, 0.05) is 6.20 Å². The van der Waals surface area contributed by atoms with Crippen LogP contribution in [-0.2, 0) is 11.3 Å². The van der Waals surface area contributed by atoms with Crippen molar-refractivity contribution < 1.29 is 10.0 Å². The maximum Gasteiger partial charge on any atom is 0.263 e. The highest BCUT2D eigenvalue weighted by Crippen LogP contribution is 1.95. The SMILES string of the molecule is Nc1cn(CC(=O)NO)cn1. The third-order valence-corrected chi connectivity index (χ3v) is 1.10. The molecular formula is C5H8N4O2. The molecule has 0 unspecified atom stereocenters. The molecular weight excluding hydrogens is 148 g/mol. The fourth-order valence-electron chi connectivity index (χ4n) is 0.665. The molecule has 60 valence electrons. The first-order valence-corrected chi connectivity index (χ1v) is 2.92. The molecule has 1 amide bonds. The van der Waals surface area contributed by atoms with Crippen LogP contribution < -0.4 is 11.2 Å². The molecule has 11 heavy (non-hydrogen) atoms. The molecule has 1 rings (SSSR count). The number of rotatable bonds is 2. The number of hydrogen-bond acceptors (Lipinski definition) is 4. The lowest BCUT2D eigenvalue weighted by atomic mass is 10.6. The predicted molar refractivity (Wildman–Crippen MR) is 36.6 cm³/mol. The number of carbonyl (C=O) groups is 1. The van der Waals surface area contributed by atoms with Crippen LogP contribution in [0.3, 0.4) is 0 Å². The van der Waals surface area contributed by atoms with E-state index in [0.717, 1.165) is 0 Å². The first-order chi connectivity index (χ1) is 5.22. The summed E-state index contributed by atoms with van der Waals surface area (Å²) < 4.78 is 1.46. The lowest BCUT2D eigenvalue weighted by Gasteiger charge is -1.97. The Labute approximate surface area is 62.6 Å². The van der Waals surface area contributed by atoms with Crippen LogP contribution in [0.2, 0.25) is 0 Å². The number of aromatic nitrogens is 2. The Morgan fingerprint density at radius 3 is 3.09 bits per heavy atom. The molecule has 1 heterocycles. The summed E-state index contributed by atoms with van der Waals surface area (Å²) in [6, 6.07) is 0. The van der Waals surface area contributed by atoms with Crippen LogP contribution in [0.1, 0.15) is 0 Å². The van der Waals surface area contributed by atoms with Gasteiger partial charge in [0.2, 0.25) is 0 Å². The van der Waals surface area contributed by atoms with Gasteiger partial charge in [0.15, 0.2) is 0 Å². The zero-order valence-corrected chi connectivity index (χ0v) is 5.69. The van der Waals surface area contributed by atoms with Crippen molar-refractivity contribution in [3.8, 4) is 0 Å². The van der Waals surface area contributed by atoms with Crippen molar-refractivity contribution in [2.45, 2.75) is 6.54 Å². The number of hydrogen-bond donors (Lipinski definition) is 3. The first kappa shape index (κ1) is 7.55. The first-order valence-electron chi connectivity index (χ1n) is 2.92. The van der Waals surface area contributed by atoms with Gasteiger partial charge in [-0.1, -0.05) is 0 Å². The highest BCUT2D eigenvalue weighted by Gasteiger charge is 2.00. The minimum Gasteiger partial charge on any atom is -0.382 e. The molecule has 4 N–H and O–H groups in total. The molecule has 0 atom stereocenters. The van der Waals surface area contributed by atoms with Crippen LogP contribution >= 0.6 is 0 Å². The van der Waals surface area contributed by atoms with Crippen LogP contribution in [-0.4, -0.2) is 20.7 Å². The van der Waals surface area contributed by atoms with Gasteiger partial charge in [0.05, 0.1) is 6.33 Å². The Kier molecular flexibility index (Phi) is 2.07. The smallest absolute Gasteiger partial charge is 0.263 e. The largest absolute Gasteiger partial charge is 0.382 e. The Bertz CT molecular complexity index is 257. The molecule has 0 bridgehead atoms. The van der Waals surface area contributed by atoms with Crippen LogP contribution in [0, 0.1) is 0 Å². The number of nitrogen functional groups attached to an aromatic ring is 1. The van der Waals surface area contributed by atoms with Crippen LogP contribution in [0.25, 0.3) is 0 Å². The van der Waals surface area contributed by atoms with Crippen LogP contribution in [0.15, 0.2) is 12.5 Å². The van der Waals surface area contributed by atoms with Gasteiger partial charge >= 0.3 is 0 Å². The zero-order chi connectivity index (χ0) is 8.27. The van der Waals surface area contributed by atoms with Gasteiger partial charge in [0.1, 0.15) is 12.4 Å². The third kappa shape index (κ3) is 1.94. The molecule has 6 nitrogen and oxygen atoms in total. The second kappa shape index (κ2) is 3.02. The number of nitrogens with two attached hydrogens (primary N) is 1. The minimum absolute atomic E-state index is 0.0146. The summed E-state index contributed by atoms with van der Waals surface area (Å²) in [5.41, 5.74) is 6.76. The van der Waals surface area contributed by atoms with E-state index >= 15 is 0 Å². The Morgan fingerprint density at radius 1 is 1.91 bits per heavy atom. The molecule has 0 aliphatic rings. The number of amides is 1. The van der Waals surface area contributed by atoms with Gasteiger partial charge in [0.25, 0.3) is 5.91 Å². The van der Waals surface area contributed by atoms with Gasteiger partial charge in [-0.05, 0) is 0 Å². The molecule has 6 heteroatoms. The van der Waals surface area contributed by atoms with E-state index in [1.54, 1.807) is 0 Å². The summed E-state index contributed by atoms with van der Waals surface area (Å²) in [5.74, 6) is -0.168. The van der Waals surface area contributed by atoms with E-state index in [2.05, 4.69) is 4.98 Å². The minimum atomic E-state index is -0.512. The zero-order valence-electron chi connectivity index (χ0n) is 5.69. The van der Waals surface area contributed by atoms with Gasteiger partial charge < -0.3 is 10.3 Å². The molecule has 1 aromatic heterocycles. The van der Waals surface area contributed by atoms with Gasteiger partial charge in [-0.2, -0.15) is 0 Å². The summed E-state index contributed by atoms with van der Waals surface area (Å²) in [5, 5.41) is 8.14. The second-order valence-electron chi connectivity index (χ2n) is 2.01. The Morgan fingerprint density at radius 2 is 2.64 bits per heavy atom. The van der Waals surface area contributed by atoms with Crippen molar-refractivity contribution in [3.63, 3.8) is 0 Å². The molecule has 0 spiro atoms. The van der Waals surface area contributed by atoms with Crippen molar-refractivity contribution in [2.75, 3.05) is 5.73 Å². The lowest BCUT2D eigenvalue weighted by Crippen LogP contribution is -2.23. The topological polar surface area (TPSA) is 93.2 Å². The van der Waals surface area contributed by atoms with Crippen molar-refractivity contribution in [2.24, 2.45) is 0 Å². The van der Waals surface area contributed by atoms with E-state index < -0.39 is 5.91 Å². The average molecular weight is 156 g/mol. The normalized spacial score (nSPS) is 9.55. The summed E-state index contributed by atoms with van der Waals surface area (Å²) in [4.78, 5) is 14.2. The maximum absolute atomic E-state index is 10.5. The van der Waals surface area contributed by atoms with Crippen LogP contribution in [0.5, 0.6) is 0 Å². The quantitative estimate of drug-likeness (QED) is 0.377. The number of hydroxylamine groups is 1. The summed E-state index contributed by atoms with van der Waals surface area (Å²) in [6.07, 6.45) is 2.90. The number of imidazole rings is 1. The number of anilines is 1. The van der Waals surface area contributed by atoms with Gasteiger partial charge in [-0.15, -0.1) is 0 Å². The molecule has 0 aliphatic heterocycles. The van der Waals surface area contributed by atoms with Crippen molar-refractivity contribution in [1.82, 2.24) is 15.0 Å². The standard InChI is InChI=1S/C5H8N4O2/c6-4-1-9(3-7-4)2-5(10)8-11/h1,3,11H,2,6H2,(H,8,10). The highest BCUT2D eigenvalue weighted by atomic mass is 16.5. The van der Waals surface area contributed by atoms with Crippen LogP contribution in [0.4, 0.5) is 5.82 Å². The number of nitrogens with one attached hydrogen (secondary N) is 1. The monoisotopic (exact) mass is 156 g/mol. The Balaban J connectivity index is 2.57.